The van der Waals surface area contributed by atoms with E-state index in [4.69, 9.17) is 4.74 Å². The summed E-state index contributed by atoms with van der Waals surface area (Å²) in [5.74, 6) is 0. The standard InChI is InChI=1S/C12H23N3O/c1-6-15-9-10(8-14-15)11(13-4)7-12(2,3)16-5/h8-9,11,13H,6-7H2,1-5H3. The van der Waals surface area contributed by atoms with Crippen LogP contribution in [0.15, 0.2) is 12.4 Å². The number of hydrogen-bond acceptors (Lipinski definition) is 3. The molecule has 0 aliphatic rings. The van der Waals surface area contributed by atoms with Crippen LogP contribution in [0.4, 0.5) is 0 Å². The second-order valence-corrected chi connectivity index (χ2v) is 4.64. The van der Waals surface area contributed by atoms with E-state index in [1.165, 1.54) is 5.56 Å². The lowest BCUT2D eigenvalue weighted by atomic mass is 9.95. The van der Waals surface area contributed by atoms with Gasteiger partial charge in [0.25, 0.3) is 0 Å². The molecule has 0 radical (unpaired) electrons. The first kappa shape index (κ1) is 13.2. The summed E-state index contributed by atoms with van der Waals surface area (Å²) in [7, 11) is 3.72. The normalized spacial score (nSPS) is 14.1. The largest absolute Gasteiger partial charge is 0.379 e. The number of aryl methyl sites for hydroxylation is 1. The first-order valence-corrected chi connectivity index (χ1v) is 5.77. The third kappa shape index (κ3) is 3.32. The lowest BCUT2D eigenvalue weighted by molar-refractivity contribution is 0.00744. The van der Waals surface area contributed by atoms with Crippen LogP contribution in [-0.2, 0) is 11.3 Å². The third-order valence-corrected chi connectivity index (χ3v) is 2.98. The van der Waals surface area contributed by atoms with Crippen molar-refractivity contribution in [3.05, 3.63) is 18.0 Å². The second kappa shape index (κ2) is 5.46. The Morgan fingerprint density at radius 3 is 2.69 bits per heavy atom. The van der Waals surface area contributed by atoms with Crippen LogP contribution in [0, 0.1) is 0 Å². The van der Waals surface area contributed by atoms with Crippen molar-refractivity contribution in [2.24, 2.45) is 0 Å². The fraction of sp³-hybridized carbons (Fsp3) is 0.750. The van der Waals surface area contributed by atoms with E-state index in [9.17, 15) is 0 Å². The first-order chi connectivity index (χ1) is 7.52. The molecule has 0 bridgehead atoms. The van der Waals surface area contributed by atoms with E-state index in [1.54, 1.807) is 7.11 Å². The average Bonchev–Trinajstić information content (AvgIpc) is 2.74. The molecular formula is C12H23N3O. The molecule has 0 spiro atoms. The zero-order chi connectivity index (χ0) is 12.2. The van der Waals surface area contributed by atoms with Crippen LogP contribution < -0.4 is 5.32 Å². The van der Waals surface area contributed by atoms with E-state index in [-0.39, 0.29) is 11.6 Å². The number of methoxy groups -OCH3 is 1. The Labute approximate surface area is 98.0 Å². The predicted molar refractivity (Wildman–Crippen MR) is 65.4 cm³/mol. The summed E-state index contributed by atoms with van der Waals surface area (Å²) in [4.78, 5) is 0. The molecule has 0 amide bonds. The summed E-state index contributed by atoms with van der Waals surface area (Å²) in [6.07, 6.45) is 4.94. The molecule has 0 aliphatic heterocycles. The molecule has 0 aromatic carbocycles. The van der Waals surface area contributed by atoms with Gasteiger partial charge in [0.2, 0.25) is 0 Å². The number of nitrogens with one attached hydrogen (secondary N) is 1. The Kier molecular flexibility index (Phi) is 4.50. The molecule has 1 unspecified atom stereocenters. The van der Waals surface area contributed by atoms with Crippen molar-refractivity contribution in [1.82, 2.24) is 15.1 Å². The van der Waals surface area contributed by atoms with Crippen molar-refractivity contribution in [3.63, 3.8) is 0 Å². The fourth-order valence-electron chi connectivity index (χ4n) is 1.69. The zero-order valence-corrected chi connectivity index (χ0v) is 10.9. The topological polar surface area (TPSA) is 39.1 Å². The molecule has 0 saturated heterocycles. The SMILES string of the molecule is CCn1cc(C(CC(C)(C)OC)NC)cn1. The number of rotatable bonds is 6. The molecule has 1 heterocycles. The first-order valence-electron chi connectivity index (χ1n) is 5.77. The monoisotopic (exact) mass is 225 g/mol. The Bertz CT molecular complexity index is 320. The van der Waals surface area contributed by atoms with Crippen molar-refractivity contribution in [2.75, 3.05) is 14.2 Å². The molecule has 4 heteroatoms. The number of ether oxygens (including phenoxy) is 1. The lowest BCUT2D eigenvalue weighted by Gasteiger charge is -2.27. The van der Waals surface area contributed by atoms with Crippen molar-refractivity contribution in [1.29, 1.82) is 0 Å². The number of nitrogens with zero attached hydrogens (tertiary/aromatic N) is 2. The molecular weight excluding hydrogens is 202 g/mol. The van der Waals surface area contributed by atoms with Gasteiger partial charge in [-0.25, -0.2) is 0 Å². The van der Waals surface area contributed by atoms with E-state index >= 15 is 0 Å². The van der Waals surface area contributed by atoms with E-state index in [1.807, 2.05) is 17.9 Å². The highest BCUT2D eigenvalue weighted by atomic mass is 16.5. The average molecular weight is 225 g/mol. The summed E-state index contributed by atoms with van der Waals surface area (Å²) in [6, 6.07) is 0.287. The molecule has 16 heavy (non-hydrogen) atoms. The van der Waals surface area contributed by atoms with Gasteiger partial charge in [-0.15, -0.1) is 0 Å². The maximum Gasteiger partial charge on any atom is 0.0640 e. The van der Waals surface area contributed by atoms with Gasteiger partial charge in [-0.1, -0.05) is 0 Å². The Morgan fingerprint density at radius 2 is 2.25 bits per heavy atom. The van der Waals surface area contributed by atoms with Gasteiger partial charge in [0.1, 0.15) is 0 Å². The summed E-state index contributed by atoms with van der Waals surface area (Å²) in [5.41, 5.74) is 1.09. The van der Waals surface area contributed by atoms with Gasteiger partial charge in [-0.3, -0.25) is 4.68 Å². The van der Waals surface area contributed by atoms with Gasteiger partial charge in [0.15, 0.2) is 0 Å². The van der Waals surface area contributed by atoms with E-state index < -0.39 is 0 Å². The van der Waals surface area contributed by atoms with Crippen LogP contribution in [0.1, 0.15) is 38.8 Å². The summed E-state index contributed by atoms with van der Waals surface area (Å²) in [6.45, 7) is 7.19. The molecule has 1 aromatic rings. The smallest absolute Gasteiger partial charge is 0.0640 e. The van der Waals surface area contributed by atoms with Crippen molar-refractivity contribution >= 4 is 0 Å². The molecule has 1 atom stereocenters. The molecule has 0 saturated carbocycles. The third-order valence-electron chi connectivity index (χ3n) is 2.98. The summed E-state index contributed by atoms with van der Waals surface area (Å²) < 4.78 is 7.40. The number of hydrogen-bond donors (Lipinski definition) is 1. The van der Waals surface area contributed by atoms with Gasteiger partial charge in [-0.2, -0.15) is 5.10 Å². The highest BCUT2D eigenvalue weighted by molar-refractivity contribution is 5.11. The van der Waals surface area contributed by atoms with Crippen molar-refractivity contribution < 1.29 is 4.74 Å². The Balaban J connectivity index is 2.74. The van der Waals surface area contributed by atoms with Gasteiger partial charge < -0.3 is 10.1 Å². The maximum atomic E-state index is 5.46. The van der Waals surface area contributed by atoms with Gasteiger partial charge in [0, 0.05) is 31.5 Å². The quantitative estimate of drug-likeness (QED) is 0.804. The van der Waals surface area contributed by atoms with Crippen LogP contribution >= 0.6 is 0 Å². The lowest BCUT2D eigenvalue weighted by Crippen LogP contribution is -2.30. The highest BCUT2D eigenvalue weighted by Gasteiger charge is 2.23. The second-order valence-electron chi connectivity index (χ2n) is 4.64. The molecule has 0 fully saturated rings. The maximum absolute atomic E-state index is 5.46. The molecule has 1 rings (SSSR count). The zero-order valence-electron chi connectivity index (χ0n) is 10.9. The van der Waals surface area contributed by atoms with E-state index in [0.717, 1.165) is 13.0 Å². The predicted octanol–water partition coefficient (Wildman–Crippen LogP) is 1.98. The molecule has 92 valence electrons. The van der Waals surface area contributed by atoms with Crippen LogP contribution in [0.5, 0.6) is 0 Å². The van der Waals surface area contributed by atoms with Crippen LogP contribution in [0.3, 0.4) is 0 Å². The fourth-order valence-corrected chi connectivity index (χ4v) is 1.69. The highest BCUT2D eigenvalue weighted by Crippen LogP contribution is 2.25. The van der Waals surface area contributed by atoms with Crippen molar-refractivity contribution in [2.45, 2.75) is 45.4 Å². The van der Waals surface area contributed by atoms with Crippen LogP contribution in [-0.4, -0.2) is 29.5 Å². The number of aromatic nitrogens is 2. The summed E-state index contributed by atoms with van der Waals surface area (Å²) >= 11 is 0. The molecule has 1 aromatic heterocycles. The van der Waals surface area contributed by atoms with E-state index in [0.29, 0.717) is 0 Å². The van der Waals surface area contributed by atoms with Gasteiger partial charge in [0.05, 0.1) is 11.8 Å². The Hall–Kier alpha value is -0.870. The van der Waals surface area contributed by atoms with Gasteiger partial charge >= 0.3 is 0 Å². The molecule has 4 nitrogen and oxygen atoms in total. The van der Waals surface area contributed by atoms with E-state index in [2.05, 4.69) is 37.4 Å². The van der Waals surface area contributed by atoms with Crippen molar-refractivity contribution in [3.8, 4) is 0 Å². The minimum Gasteiger partial charge on any atom is -0.379 e. The minimum absolute atomic E-state index is 0.123. The van der Waals surface area contributed by atoms with Crippen LogP contribution in [0.2, 0.25) is 0 Å². The molecule has 0 aliphatic carbocycles. The van der Waals surface area contributed by atoms with Gasteiger partial charge in [-0.05, 0) is 34.2 Å². The van der Waals surface area contributed by atoms with Crippen LogP contribution in [0.25, 0.3) is 0 Å². The Morgan fingerprint density at radius 1 is 1.56 bits per heavy atom. The molecule has 1 N–H and O–H groups in total. The minimum atomic E-state index is -0.123. The summed E-state index contributed by atoms with van der Waals surface area (Å²) in [5, 5.41) is 7.61.